The van der Waals surface area contributed by atoms with Crippen molar-refractivity contribution in [2.75, 3.05) is 17.9 Å². The molecule has 0 unspecified atom stereocenters. The lowest BCUT2D eigenvalue weighted by molar-refractivity contribution is -0.135. The van der Waals surface area contributed by atoms with E-state index in [4.69, 9.17) is 4.74 Å². The fourth-order valence-electron chi connectivity index (χ4n) is 5.81. The number of carbonyl (C=O) groups excluding carboxylic acids is 2. The van der Waals surface area contributed by atoms with Crippen LogP contribution in [0.2, 0.25) is 0 Å². The van der Waals surface area contributed by atoms with Gasteiger partial charge in [0.25, 0.3) is 15.9 Å². The summed E-state index contributed by atoms with van der Waals surface area (Å²) in [6, 6.07) is 11.1. The molecule has 0 radical (unpaired) electrons. The number of fused-ring (bicyclic) bond motifs is 2. The number of anilines is 1. The molecule has 4 rings (SSSR count). The number of likely N-dealkylation sites (tertiary alicyclic amines) is 1. The fraction of sp³-hybridized carbons (Fsp3) is 0.481. The highest BCUT2D eigenvalue weighted by molar-refractivity contribution is 7.92. The Morgan fingerprint density at radius 1 is 1.03 bits per heavy atom. The van der Waals surface area contributed by atoms with E-state index in [1.165, 1.54) is 24.3 Å². The largest absolute Gasteiger partial charge is 0.452 e. The molecule has 2 atom stereocenters. The molecule has 2 fully saturated rings. The second kappa shape index (κ2) is 8.97. The zero-order valence-corrected chi connectivity index (χ0v) is 21.9. The van der Waals surface area contributed by atoms with Crippen molar-refractivity contribution in [2.24, 2.45) is 10.8 Å². The first-order chi connectivity index (χ1) is 16.3. The minimum atomic E-state index is -3.75. The van der Waals surface area contributed by atoms with Gasteiger partial charge in [0, 0.05) is 18.3 Å². The van der Waals surface area contributed by atoms with E-state index >= 15 is 0 Å². The second-order valence-electron chi connectivity index (χ2n) is 11.2. The number of esters is 1. The van der Waals surface area contributed by atoms with E-state index in [0.717, 1.165) is 30.4 Å². The molecule has 0 aromatic heterocycles. The first kappa shape index (κ1) is 25.2. The summed E-state index contributed by atoms with van der Waals surface area (Å²) < 4.78 is 33.2. The number of hydrogen-bond acceptors (Lipinski definition) is 5. The van der Waals surface area contributed by atoms with Crippen molar-refractivity contribution in [3.05, 3.63) is 59.2 Å². The lowest BCUT2D eigenvalue weighted by atomic mass is 9.65. The number of carbonyl (C=O) groups is 2. The zero-order chi connectivity index (χ0) is 25.6. The summed E-state index contributed by atoms with van der Waals surface area (Å²) in [4.78, 5) is 27.4. The topological polar surface area (TPSA) is 92.8 Å². The maximum absolute atomic E-state index is 12.8. The summed E-state index contributed by atoms with van der Waals surface area (Å²) >= 11 is 0. The van der Waals surface area contributed by atoms with E-state index < -0.39 is 16.0 Å². The summed E-state index contributed by atoms with van der Waals surface area (Å²) in [6.07, 6.45) is 3.04. The van der Waals surface area contributed by atoms with Crippen molar-refractivity contribution < 1.29 is 22.7 Å². The Morgan fingerprint density at radius 2 is 1.71 bits per heavy atom. The van der Waals surface area contributed by atoms with E-state index in [2.05, 4.69) is 25.5 Å². The number of nitrogens with zero attached hydrogens (tertiary/aromatic N) is 1. The highest BCUT2D eigenvalue weighted by Gasteiger charge is 2.50. The van der Waals surface area contributed by atoms with Crippen LogP contribution in [0.1, 0.15) is 61.5 Å². The number of benzene rings is 2. The molecular weight excluding hydrogens is 464 g/mol. The van der Waals surface area contributed by atoms with Crippen molar-refractivity contribution in [3.63, 3.8) is 0 Å². The highest BCUT2D eigenvalue weighted by Crippen LogP contribution is 2.52. The molecule has 1 aliphatic heterocycles. The third-order valence-corrected chi connectivity index (χ3v) is 8.60. The number of aryl methyl sites for hydroxylation is 2. The molecule has 188 valence electrons. The lowest BCUT2D eigenvalue weighted by Gasteiger charge is -2.39. The molecule has 35 heavy (non-hydrogen) atoms. The van der Waals surface area contributed by atoms with Crippen molar-refractivity contribution in [3.8, 4) is 0 Å². The van der Waals surface area contributed by atoms with Gasteiger partial charge in [0.2, 0.25) is 0 Å². The summed E-state index contributed by atoms with van der Waals surface area (Å²) in [5.74, 6) is -0.779. The Morgan fingerprint density at radius 3 is 2.37 bits per heavy atom. The Labute approximate surface area is 207 Å². The van der Waals surface area contributed by atoms with Crippen LogP contribution in [0.3, 0.4) is 0 Å². The first-order valence-electron chi connectivity index (χ1n) is 11.9. The molecule has 8 heteroatoms. The molecule has 2 aliphatic rings. The number of ether oxygens (including phenoxy) is 1. The molecular formula is C27H34N2O5S. The summed E-state index contributed by atoms with van der Waals surface area (Å²) in [7, 11) is -3.75. The maximum Gasteiger partial charge on any atom is 0.338 e. The molecule has 1 N–H and O–H groups in total. The van der Waals surface area contributed by atoms with E-state index in [9.17, 15) is 18.0 Å². The molecule has 0 spiro atoms. The van der Waals surface area contributed by atoms with Crippen molar-refractivity contribution in [1.82, 2.24) is 4.90 Å². The number of sulfonamides is 1. The second-order valence-corrected chi connectivity index (χ2v) is 12.9. The minimum Gasteiger partial charge on any atom is -0.452 e. The predicted octanol–water partition coefficient (Wildman–Crippen LogP) is 4.69. The van der Waals surface area contributed by atoms with Gasteiger partial charge in [-0.3, -0.25) is 9.52 Å². The minimum absolute atomic E-state index is 0.118. The third-order valence-electron chi connectivity index (χ3n) is 7.22. The van der Waals surface area contributed by atoms with Crippen LogP contribution in [-0.2, 0) is 19.6 Å². The van der Waals surface area contributed by atoms with Crippen LogP contribution in [0.25, 0.3) is 0 Å². The Hall–Kier alpha value is -2.87. The van der Waals surface area contributed by atoms with Gasteiger partial charge in [-0.25, -0.2) is 13.2 Å². The number of amides is 1. The highest BCUT2D eigenvalue weighted by atomic mass is 32.2. The smallest absolute Gasteiger partial charge is 0.338 e. The SMILES string of the molecule is Cc1ccc(S(=O)(=O)Nc2ccc(C(=O)OCC(=O)N3C[C@@]4(C)C[C@H]3CC(C)(C)C4)cc2)cc1C. The third kappa shape index (κ3) is 5.53. The summed E-state index contributed by atoms with van der Waals surface area (Å²) in [5, 5.41) is 0. The van der Waals surface area contributed by atoms with E-state index in [0.29, 0.717) is 12.2 Å². The maximum atomic E-state index is 12.8. The lowest BCUT2D eigenvalue weighted by Crippen LogP contribution is -2.39. The van der Waals surface area contributed by atoms with E-state index in [1.54, 1.807) is 18.2 Å². The normalized spacial score (nSPS) is 23.1. The van der Waals surface area contributed by atoms with Gasteiger partial charge in [-0.05, 0) is 91.5 Å². The van der Waals surface area contributed by atoms with Crippen LogP contribution in [0.4, 0.5) is 5.69 Å². The van der Waals surface area contributed by atoms with Crippen LogP contribution in [-0.4, -0.2) is 44.4 Å². The van der Waals surface area contributed by atoms with Gasteiger partial charge in [0.05, 0.1) is 10.5 Å². The van der Waals surface area contributed by atoms with Crippen molar-refractivity contribution >= 4 is 27.6 Å². The molecule has 2 aromatic rings. The zero-order valence-electron chi connectivity index (χ0n) is 21.1. The van der Waals surface area contributed by atoms with Gasteiger partial charge in [-0.1, -0.05) is 26.8 Å². The fourth-order valence-corrected chi connectivity index (χ4v) is 6.96. The average Bonchev–Trinajstić information content (AvgIpc) is 3.02. The van der Waals surface area contributed by atoms with Crippen LogP contribution in [0.15, 0.2) is 47.4 Å². The van der Waals surface area contributed by atoms with Crippen LogP contribution in [0, 0.1) is 24.7 Å². The number of rotatable bonds is 6. The van der Waals surface area contributed by atoms with Crippen molar-refractivity contribution in [2.45, 2.75) is 64.8 Å². The quantitative estimate of drug-likeness (QED) is 0.584. The first-order valence-corrected chi connectivity index (χ1v) is 13.4. The summed E-state index contributed by atoms with van der Waals surface area (Å²) in [5.41, 5.74) is 2.79. The molecule has 1 heterocycles. The number of hydrogen-bond donors (Lipinski definition) is 1. The predicted molar refractivity (Wildman–Crippen MR) is 135 cm³/mol. The molecule has 7 nitrogen and oxygen atoms in total. The van der Waals surface area contributed by atoms with E-state index in [-0.39, 0.29) is 39.8 Å². The van der Waals surface area contributed by atoms with Crippen LogP contribution >= 0.6 is 0 Å². The molecule has 2 bridgehead atoms. The Kier molecular flexibility index (Phi) is 6.47. The van der Waals surface area contributed by atoms with Crippen LogP contribution < -0.4 is 4.72 Å². The van der Waals surface area contributed by atoms with E-state index in [1.807, 2.05) is 18.7 Å². The molecule has 2 aromatic carbocycles. The van der Waals surface area contributed by atoms with Gasteiger partial charge in [0.1, 0.15) is 0 Å². The van der Waals surface area contributed by atoms with Gasteiger partial charge in [-0.2, -0.15) is 0 Å². The Bertz CT molecular complexity index is 1250. The van der Waals surface area contributed by atoms with Gasteiger partial charge >= 0.3 is 5.97 Å². The standard InChI is InChI=1S/C27H34N2O5S/c1-18-6-11-23(12-19(18)2)35(32,33)28-21-9-7-20(8-10-21)25(31)34-15-24(30)29-17-27(5)14-22(29)13-26(3,4)16-27/h6-12,22,28H,13-17H2,1-5H3/t22-,27+/m1/s1. The summed E-state index contributed by atoms with van der Waals surface area (Å²) in [6.45, 7) is 10.9. The molecule has 1 saturated carbocycles. The van der Waals surface area contributed by atoms with Gasteiger partial charge < -0.3 is 9.64 Å². The Balaban J connectivity index is 1.35. The van der Waals surface area contributed by atoms with Crippen molar-refractivity contribution in [1.29, 1.82) is 0 Å². The van der Waals surface area contributed by atoms with Gasteiger partial charge in [0.15, 0.2) is 6.61 Å². The molecule has 1 aliphatic carbocycles. The number of nitrogens with one attached hydrogen (secondary N) is 1. The van der Waals surface area contributed by atoms with Crippen LogP contribution in [0.5, 0.6) is 0 Å². The molecule has 1 amide bonds. The van der Waals surface area contributed by atoms with Gasteiger partial charge in [-0.15, -0.1) is 0 Å². The average molecular weight is 499 g/mol. The monoisotopic (exact) mass is 498 g/mol. The molecule has 1 saturated heterocycles.